The summed E-state index contributed by atoms with van der Waals surface area (Å²) in [6, 6.07) is 0. The SMILES string of the molecule is CCNC[18F]. The van der Waals surface area contributed by atoms with Crippen molar-refractivity contribution in [3.63, 3.8) is 0 Å². The van der Waals surface area contributed by atoms with E-state index in [0.29, 0.717) is 0 Å². The molecule has 5 heavy (non-hydrogen) atoms. The van der Waals surface area contributed by atoms with Crippen LogP contribution in [0.15, 0.2) is 0 Å². The second-order valence-electron chi connectivity index (χ2n) is 0.737. The van der Waals surface area contributed by atoms with Gasteiger partial charge in [0.2, 0.25) is 0 Å². The number of nitrogens with one attached hydrogen (secondary N) is 1. The van der Waals surface area contributed by atoms with E-state index >= 15 is 0 Å². The summed E-state index contributed by atoms with van der Waals surface area (Å²) in [7, 11) is 0. The highest BCUT2D eigenvalue weighted by Gasteiger charge is 1.66. The van der Waals surface area contributed by atoms with Crippen LogP contribution in [0.1, 0.15) is 6.92 Å². The van der Waals surface area contributed by atoms with Crippen LogP contribution in [0.4, 0.5) is 4.39 Å². The van der Waals surface area contributed by atoms with Crippen molar-refractivity contribution in [2.75, 3.05) is 13.3 Å². The Balaban J connectivity index is 2.19. The summed E-state index contributed by atoms with van der Waals surface area (Å²) in [6.45, 7) is 2.17. The Labute approximate surface area is 31.2 Å². The highest BCUT2D eigenvalue weighted by molar-refractivity contribution is 4.21. The maximum absolute atomic E-state index is 10.9. The number of halogens is 1. The molecular formula is C3H8FN. The summed E-state index contributed by atoms with van der Waals surface area (Å²) in [6.07, 6.45) is 0. The monoisotopic (exact) mass is 76.1 g/mol. The quantitative estimate of drug-likeness (QED) is 0.473. The molecule has 0 rings (SSSR count). The molecule has 0 radical (unpaired) electrons. The number of alkyl halides is 1. The van der Waals surface area contributed by atoms with E-state index in [-0.39, 0.29) is 0 Å². The molecule has 0 aromatic carbocycles. The predicted molar refractivity (Wildman–Crippen MR) is 19.7 cm³/mol. The molecule has 32 valence electrons. The van der Waals surface area contributed by atoms with Crippen LogP contribution in [0.25, 0.3) is 0 Å². The second kappa shape index (κ2) is 3.89. The molecular weight excluding hydrogens is 68.0 g/mol. The molecule has 0 heterocycles. The van der Waals surface area contributed by atoms with Gasteiger partial charge >= 0.3 is 0 Å². The third-order valence-electron chi connectivity index (χ3n) is 0.344. The topological polar surface area (TPSA) is 12.0 Å². The first-order chi connectivity index (χ1) is 2.41. The average Bonchev–Trinajstić information content (AvgIpc) is 1.41. The van der Waals surface area contributed by atoms with Gasteiger partial charge in [0, 0.05) is 0 Å². The van der Waals surface area contributed by atoms with Gasteiger partial charge in [0.15, 0.2) is 0 Å². The van der Waals surface area contributed by atoms with Crippen molar-refractivity contribution in [2.45, 2.75) is 6.92 Å². The minimum atomic E-state index is -0.406. The van der Waals surface area contributed by atoms with Crippen LogP contribution in [0, 0.1) is 0 Å². The fraction of sp³-hybridized carbons (Fsp3) is 1.00. The van der Waals surface area contributed by atoms with Gasteiger partial charge in [-0.1, -0.05) is 6.92 Å². The van der Waals surface area contributed by atoms with Crippen molar-refractivity contribution < 1.29 is 4.39 Å². The minimum absolute atomic E-state index is 0.406. The molecule has 1 nitrogen and oxygen atoms in total. The number of rotatable bonds is 2. The second-order valence-corrected chi connectivity index (χ2v) is 0.737. The maximum Gasteiger partial charge on any atom is 0.140 e. The van der Waals surface area contributed by atoms with Crippen LogP contribution < -0.4 is 5.32 Å². The molecule has 0 atom stereocenters. The molecule has 0 saturated carbocycles. The van der Waals surface area contributed by atoms with E-state index in [0.717, 1.165) is 6.54 Å². The zero-order valence-electron chi connectivity index (χ0n) is 3.29. The summed E-state index contributed by atoms with van der Waals surface area (Å²) in [5.41, 5.74) is 0. The van der Waals surface area contributed by atoms with E-state index in [1.165, 1.54) is 0 Å². The van der Waals surface area contributed by atoms with Crippen molar-refractivity contribution in [1.82, 2.24) is 5.32 Å². The summed E-state index contributed by atoms with van der Waals surface area (Å²) in [4.78, 5) is 0. The Morgan fingerprint density at radius 2 is 2.40 bits per heavy atom. The molecule has 2 heteroatoms. The smallest absolute Gasteiger partial charge is 0.140 e. The van der Waals surface area contributed by atoms with Gasteiger partial charge in [-0.15, -0.1) is 0 Å². The zero-order chi connectivity index (χ0) is 4.12. The van der Waals surface area contributed by atoms with Crippen LogP contribution in [-0.4, -0.2) is 13.3 Å². The maximum atomic E-state index is 10.9. The summed E-state index contributed by atoms with van der Waals surface area (Å²) in [5, 5.41) is 2.44. The van der Waals surface area contributed by atoms with E-state index < -0.39 is 6.80 Å². The Bertz CT molecular complexity index is 14.4. The summed E-state index contributed by atoms with van der Waals surface area (Å²) < 4.78 is 10.9. The van der Waals surface area contributed by atoms with Crippen LogP contribution in [-0.2, 0) is 0 Å². The molecule has 0 aliphatic carbocycles. The first-order valence-electron chi connectivity index (χ1n) is 1.68. The lowest BCUT2D eigenvalue weighted by molar-refractivity contribution is 0.434. The average molecular weight is 76.1 g/mol. The molecule has 0 aliphatic rings. The highest BCUT2D eigenvalue weighted by Crippen LogP contribution is 1.52. The van der Waals surface area contributed by atoms with Gasteiger partial charge in [-0.2, -0.15) is 0 Å². The molecule has 0 bridgehead atoms. The normalized spacial score (nSPS) is 8.40. The summed E-state index contributed by atoms with van der Waals surface area (Å²) in [5.74, 6) is 0. The molecule has 0 amide bonds. The Morgan fingerprint density at radius 1 is 1.80 bits per heavy atom. The van der Waals surface area contributed by atoms with Crippen LogP contribution in [0.5, 0.6) is 0 Å². The standard InChI is InChI=1S/C3H8FN/c1-2-5-3-4/h5H,2-3H2,1H3/i4-1. The fourth-order valence-corrected chi connectivity index (χ4v) is 0.0945. The van der Waals surface area contributed by atoms with E-state index in [1.54, 1.807) is 0 Å². The van der Waals surface area contributed by atoms with Crippen LogP contribution in [0.2, 0.25) is 0 Å². The van der Waals surface area contributed by atoms with E-state index in [1.807, 2.05) is 6.92 Å². The van der Waals surface area contributed by atoms with Crippen molar-refractivity contribution in [2.24, 2.45) is 0 Å². The lowest BCUT2D eigenvalue weighted by Gasteiger charge is -1.83. The first kappa shape index (κ1) is 4.89. The highest BCUT2D eigenvalue weighted by atomic mass is 18.2. The molecule has 0 aromatic rings. The minimum Gasteiger partial charge on any atom is -0.291 e. The number of hydrogen-bond acceptors (Lipinski definition) is 1. The van der Waals surface area contributed by atoms with Gasteiger partial charge in [-0.25, -0.2) is 4.39 Å². The Morgan fingerprint density at radius 3 is 2.40 bits per heavy atom. The van der Waals surface area contributed by atoms with Gasteiger partial charge in [0.25, 0.3) is 0 Å². The third-order valence-corrected chi connectivity index (χ3v) is 0.344. The predicted octanol–water partition coefficient (Wildman–Crippen LogP) is 0.523. The van der Waals surface area contributed by atoms with Gasteiger partial charge in [-0.3, -0.25) is 5.32 Å². The van der Waals surface area contributed by atoms with E-state index in [2.05, 4.69) is 5.32 Å². The largest absolute Gasteiger partial charge is 0.291 e. The Kier molecular flexibility index (Phi) is 3.80. The van der Waals surface area contributed by atoms with Crippen molar-refractivity contribution in [3.8, 4) is 0 Å². The lowest BCUT2D eigenvalue weighted by Crippen LogP contribution is -2.08. The molecule has 0 saturated heterocycles. The molecule has 0 spiro atoms. The van der Waals surface area contributed by atoms with Crippen LogP contribution in [0.3, 0.4) is 0 Å². The molecule has 1 N–H and O–H groups in total. The zero-order valence-corrected chi connectivity index (χ0v) is 3.29. The van der Waals surface area contributed by atoms with Crippen LogP contribution >= 0.6 is 0 Å². The van der Waals surface area contributed by atoms with Gasteiger partial charge in [0.1, 0.15) is 6.80 Å². The molecule has 0 unspecified atom stereocenters. The third kappa shape index (κ3) is 3.89. The lowest BCUT2D eigenvalue weighted by atomic mass is 10.8. The Hall–Kier alpha value is -0.110. The van der Waals surface area contributed by atoms with Gasteiger partial charge in [0.05, 0.1) is 0 Å². The van der Waals surface area contributed by atoms with E-state index in [9.17, 15) is 4.39 Å². The van der Waals surface area contributed by atoms with Crippen molar-refractivity contribution in [3.05, 3.63) is 0 Å². The van der Waals surface area contributed by atoms with Gasteiger partial charge < -0.3 is 0 Å². The molecule has 0 aromatic heterocycles. The van der Waals surface area contributed by atoms with E-state index in [4.69, 9.17) is 0 Å². The molecule has 0 fully saturated rings. The number of hydrogen-bond donors (Lipinski definition) is 1. The molecule has 0 aliphatic heterocycles. The fourth-order valence-electron chi connectivity index (χ4n) is 0.0945. The summed E-state index contributed by atoms with van der Waals surface area (Å²) >= 11 is 0. The first-order valence-corrected chi connectivity index (χ1v) is 1.68. The van der Waals surface area contributed by atoms with Gasteiger partial charge in [-0.05, 0) is 6.54 Å². The van der Waals surface area contributed by atoms with Crippen molar-refractivity contribution in [1.29, 1.82) is 0 Å². The van der Waals surface area contributed by atoms with Crippen molar-refractivity contribution >= 4 is 0 Å².